The van der Waals surface area contributed by atoms with Crippen LogP contribution in [0, 0.1) is 11.6 Å². The second kappa shape index (κ2) is 5.02. The lowest BCUT2D eigenvalue weighted by molar-refractivity contribution is 0.172. The summed E-state index contributed by atoms with van der Waals surface area (Å²) >= 11 is 0. The zero-order chi connectivity index (χ0) is 10.6. The number of halogens is 2. The van der Waals surface area contributed by atoms with E-state index in [0.717, 1.165) is 18.2 Å². The summed E-state index contributed by atoms with van der Waals surface area (Å²) in [5, 5.41) is 9.14. The van der Waals surface area contributed by atoms with E-state index in [4.69, 9.17) is 10.8 Å². The van der Waals surface area contributed by atoms with Crippen LogP contribution in [-0.4, -0.2) is 17.8 Å². The Balaban J connectivity index is 2.62. The van der Waals surface area contributed by atoms with Gasteiger partial charge in [0.2, 0.25) is 0 Å². The first-order valence-corrected chi connectivity index (χ1v) is 4.45. The van der Waals surface area contributed by atoms with E-state index in [9.17, 15) is 8.78 Å². The van der Waals surface area contributed by atoms with Crippen LogP contribution in [0.25, 0.3) is 0 Å². The van der Waals surface area contributed by atoms with Crippen LogP contribution in [0.1, 0.15) is 12.0 Å². The molecule has 0 amide bonds. The van der Waals surface area contributed by atoms with Crippen molar-refractivity contribution in [3.05, 3.63) is 35.4 Å². The maximum atomic E-state index is 13.0. The molecule has 0 spiro atoms. The Hall–Kier alpha value is -1.00. The van der Waals surface area contributed by atoms with Crippen molar-refractivity contribution < 1.29 is 13.9 Å². The Kier molecular flexibility index (Phi) is 3.98. The first-order valence-electron chi connectivity index (χ1n) is 4.45. The third-order valence-corrected chi connectivity index (χ3v) is 2.03. The van der Waals surface area contributed by atoms with Gasteiger partial charge in [0, 0.05) is 6.54 Å². The summed E-state index contributed by atoms with van der Waals surface area (Å²) in [6.45, 7) is 0.136. The van der Waals surface area contributed by atoms with Crippen molar-refractivity contribution in [2.75, 3.05) is 6.54 Å². The molecule has 3 N–H and O–H groups in total. The fourth-order valence-electron chi connectivity index (χ4n) is 1.17. The smallest absolute Gasteiger partial charge is 0.126 e. The molecule has 0 fully saturated rings. The van der Waals surface area contributed by atoms with Gasteiger partial charge in [-0.3, -0.25) is 0 Å². The van der Waals surface area contributed by atoms with E-state index in [1.807, 2.05) is 0 Å². The second-order valence-electron chi connectivity index (χ2n) is 3.16. The highest BCUT2D eigenvalue weighted by molar-refractivity contribution is 5.18. The molecule has 0 aliphatic carbocycles. The van der Waals surface area contributed by atoms with Crippen LogP contribution in [0.2, 0.25) is 0 Å². The number of aliphatic hydroxyl groups is 1. The summed E-state index contributed by atoms with van der Waals surface area (Å²) in [5.74, 6) is -0.917. The van der Waals surface area contributed by atoms with Gasteiger partial charge in [-0.15, -0.1) is 0 Å². The summed E-state index contributed by atoms with van der Waals surface area (Å²) in [4.78, 5) is 0. The lowest BCUT2D eigenvalue weighted by Crippen LogP contribution is -2.20. The molecule has 0 aromatic heterocycles. The third kappa shape index (κ3) is 3.05. The van der Waals surface area contributed by atoms with Gasteiger partial charge in [-0.05, 0) is 36.6 Å². The van der Waals surface area contributed by atoms with Gasteiger partial charge >= 0.3 is 0 Å². The molecule has 2 nitrogen and oxygen atoms in total. The van der Waals surface area contributed by atoms with Crippen molar-refractivity contribution >= 4 is 0 Å². The normalized spacial score (nSPS) is 12.9. The van der Waals surface area contributed by atoms with E-state index in [2.05, 4.69) is 0 Å². The van der Waals surface area contributed by atoms with E-state index < -0.39 is 17.7 Å². The molecular formula is C10H13F2NO. The summed E-state index contributed by atoms with van der Waals surface area (Å²) in [7, 11) is 0. The Morgan fingerprint density at radius 3 is 2.71 bits per heavy atom. The fraction of sp³-hybridized carbons (Fsp3) is 0.400. The minimum absolute atomic E-state index is 0.136. The molecule has 0 heterocycles. The van der Waals surface area contributed by atoms with Crippen molar-refractivity contribution in [2.45, 2.75) is 18.9 Å². The van der Waals surface area contributed by atoms with E-state index >= 15 is 0 Å². The minimum Gasteiger partial charge on any atom is -0.392 e. The molecule has 0 radical (unpaired) electrons. The number of aryl methyl sites for hydroxylation is 1. The highest BCUT2D eigenvalue weighted by atomic mass is 19.1. The lowest BCUT2D eigenvalue weighted by atomic mass is 10.1. The Morgan fingerprint density at radius 1 is 1.36 bits per heavy atom. The maximum Gasteiger partial charge on any atom is 0.126 e. The summed E-state index contributed by atoms with van der Waals surface area (Å²) in [6.07, 6.45) is -0.0172. The van der Waals surface area contributed by atoms with Crippen LogP contribution in [0.3, 0.4) is 0 Å². The predicted octanol–water partition coefficient (Wildman–Crippen LogP) is 1.22. The average molecular weight is 201 g/mol. The van der Waals surface area contributed by atoms with Crippen LogP contribution in [0.5, 0.6) is 0 Å². The monoisotopic (exact) mass is 201 g/mol. The molecular weight excluding hydrogens is 188 g/mol. The molecule has 0 aliphatic heterocycles. The van der Waals surface area contributed by atoms with Crippen molar-refractivity contribution in [1.82, 2.24) is 0 Å². The van der Waals surface area contributed by atoms with E-state index in [-0.39, 0.29) is 12.1 Å². The van der Waals surface area contributed by atoms with Gasteiger partial charge in [0.1, 0.15) is 11.6 Å². The number of aliphatic hydroxyl groups excluding tert-OH is 1. The van der Waals surface area contributed by atoms with Gasteiger partial charge in [0.25, 0.3) is 0 Å². The third-order valence-electron chi connectivity index (χ3n) is 2.03. The largest absolute Gasteiger partial charge is 0.392 e. The topological polar surface area (TPSA) is 46.2 Å². The minimum atomic E-state index is -0.655. The van der Waals surface area contributed by atoms with Gasteiger partial charge in [-0.25, -0.2) is 8.78 Å². The molecule has 4 heteroatoms. The van der Waals surface area contributed by atoms with Gasteiger partial charge < -0.3 is 10.8 Å². The zero-order valence-corrected chi connectivity index (χ0v) is 7.71. The van der Waals surface area contributed by atoms with Crippen molar-refractivity contribution in [1.29, 1.82) is 0 Å². The van der Waals surface area contributed by atoms with Gasteiger partial charge in [0.05, 0.1) is 6.10 Å². The molecule has 1 rings (SSSR count). The summed E-state index contributed by atoms with van der Waals surface area (Å²) < 4.78 is 25.7. The van der Waals surface area contributed by atoms with E-state index in [1.165, 1.54) is 0 Å². The molecule has 1 aromatic rings. The molecule has 0 bridgehead atoms. The molecule has 1 aromatic carbocycles. The highest BCUT2D eigenvalue weighted by Gasteiger charge is 2.06. The van der Waals surface area contributed by atoms with Gasteiger partial charge in [-0.1, -0.05) is 0 Å². The van der Waals surface area contributed by atoms with Gasteiger partial charge in [0.15, 0.2) is 0 Å². The lowest BCUT2D eigenvalue weighted by Gasteiger charge is -2.07. The number of hydrogen-bond acceptors (Lipinski definition) is 2. The van der Waals surface area contributed by atoms with Crippen molar-refractivity contribution in [2.24, 2.45) is 5.73 Å². The van der Waals surface area contributed by atoms with Crippen LogP contribution >= 0.6 is 0 Å². The Labute approximate surface area is 81.4 Å². The molecule has 1 atom stereocenters. The van der Waals surface area contributed by atoms with Crippen LogP contribution in [0.4, 0.5) is 8.78 Å². The quantitative estimate of drug-likeness (QED) is 0.769. The standard InChI is InChI=1S/C10H13F2NO/c11-8-2-4-10(12)7(5-8)1-3-9(14)6-13/h2,4-5,9,14H,1,3,6,13H2. The zero-order valence-electron chi connectivity index (χ0n) is 7.71. The number of hydrogen-bond donors (Lipinski definition) is 2. The average Bonchev–Trinajstić information content (AvgIpc) is 2.19. The maximum absolute atomic E-state index is 13.0. The molecule has 78 valence electrons. The second-order valence-corrected chi connectivity index (χ2v) is 3.16. The molecule has 0 saturated heterocycles. The van der Waals surface area contributed by atoms with Gasteiger partial charge in [-0.2, -0.15) is 0 Å². The summed E-state index contributed by atoms with van der Waals surface area (Å²) in [6, 6.07) is 3.29. The first-order chi connectivity index (χ1) is 6.63. The number of benzene rings is 1. The summed E-state index contributed by atoms with van der Waals surface area (Å²) in [5.41, 5.74) is 5.46. The molecule has 14 heavy (non-hydrogen) atoms. The highest BCUT2D eigenvalue weighted by Crippen LogP contribution is 2.12. The predicted molar refractivity (Wildman–Crippen MR) is 49.7 cm³/mol. The molecule has 1 unspecified atom stereocenters. The van der Waals surface area contributed by atoms with Crippen LogP contribution in [-0.2, 0) is 6.42 Å². The molecule has 0 saturated carbocycles. The molecule has 0 aliphatic rings. The van der Waals surface area contributed by atoms with Crippen molar-refractivity contribution in [3.8, 4) is 0 Å². The number of nitrogens with two attached hydrogens (primary N) is 1. The van der Waals surface area contributed by atoms with Crippen LogP contribution in [0.15, 0.2) is 18.2 Å². The number of rotatable bonds is 4. The Bertz CT molecular complexity index is 304. The fourth-order valence-corrected chi connectivity index (χ4v) is 1.17. The van der Waals surface area contributed by atoms with E-state index in [0.29, 0.717) is 12.8 Å². The first kappa shape index (κ1) is 11.1. The SMILES string of the molecule is NCC(O)CCc1cc(F)ccc1F. The Morgan fingerprint density at radius 2 is 2.07 bits per heavy atom. The van der Waals surface area contributed by atoms with E-state index in [1.54, 1.807) is 0 Å². The van der Waals surface area contributed by atoms with Crippen LogP contribution < -0.4 is 5.73 Å². The van der Waals surface area contributed by atoms with Crippen molar-refractivity contribution in [3.63, 3.8) is 0 Å².